The van der Waals surface area contributed by atoms with Gasteiger partial charge in [-0.15, -0.1) is 0 Å². The van der Waals surface area contributed by atoms with Crippen LogP contribution in [0.3, 0.4) is 0 Å². The lowest BCUT2D eigenvalue weighted by Crippen LogP contribution is -2.42. The first-order chi connectivity index (χ1) is 19.6. The molecule has 0 spiro atoms. The maximum absolute atomic E-state index is 14.3. The van der Waals surface area contributed by atoms with Crippen molar-refractivity contribution in [2.75, 3.05) is 18.4 Å². The second kappa shape index (κ2) is 11.3. The van der Waals surface area contributed by atoms with Gasteiger partial charge in [0, 0.05) is 31.4 Å². The molecule has 3 N–H and O–H groups in total. The van der Waals surface area contributed by atoms with Crippen molar-refractivity contribution in [1.29, 1.82) is 5.26 Å². The molecule has 10 nitrogen and oxygen atoms in total. The van der Waals surface area contributed by atoms with Gasteiger partial charge in [0.2, 0.25) is 5.91 Å². The third-order valence-corrected chi connectivity index (χ3v) is 7.03. The number of benzene rings is 1. The number of anilines is 2. The first-order valence-corrected chi connectivity index (χ1v) is 13.3. The fourth-order valence-electron chi connectivity index (χ4n) is 4.60. The van der Waals surface area contributed by atoms with Crippen molar-refractivity contribution in [3.05, 3.63) is 77.6 Å². The minimum absolute atomic E-state index is 0.156. The van der Waals surface area contributed by atoms with Gasteiger partial charge in [-0.1, -0.05) is 12.1 Å². The molecule has 0 radical (unpaired) electrons. The molecule has 1 fully saturated rings. The zero-order chi connectivity index (χ0) is 29.1. The van der Waals surface area contributed by atoms with E-state index in [1.807, 2.05) is 41.3 Å². The summed E-state index contributed by atoms with van der Waals surface area (Å²) < 4.78 is 16.0. The summed E-state index contributed by atoms with van der Waals surface area (Å²) in [7, 11) is 0. The Kier molecular flexibility index (Phi) is 7.68. The lowest BCUT2D eigenvalue weighted by molar-refractivity contribution is -0.128. The summed E-state index contributed by atoms with van der Waals surface area (Å²) in [5.74, 6) is -0.400. The van der Waals surface area contributed by atoms with Crippen molar-refractivity contribution in [1.82, 2.24) is 24.8 Å². The van der Waals surface area contributed by atoms with Crippen LogP contribution in [-0.2, 0) is 11.3 Å². The number of aromatic nitrogens is 3. The van der Waals surface area contributed by atoms with E-state index in [4.69, 9.17) is 0 Å². The summed E-state index contributed by atoms with van der Waals surface area (Å²) in [6.07, 6.45) is 2.66. The first-order valence-electron chi connectivity index (χ1n) is 13.3. The fourth-order valence-corrected chi connectivity index (χ4v) is 4.60. The second-order valence-corrected chi connectivity index (χ2v) is 10.6. The summed E-state index contributed by atoms with van der Waals surface area (Å²) in [5, 5.41) is 29.3. The summed E-state index contributed by atoms with van der Waals surface area (Å²) in [6, 6.07) is 16.7. The number of pyridine rings is 1. The van der Waals surface area contributed by atoms with E-state index in [0.29, 0.717) is 46.8 Å². The highest BCUT2D eigenvalue weighted by Crippen LogP contribution is 2.28. The van der Waals surface area contributed by atoms with Crippen molar-refractivity contribution >= 4 is 28.7 Å². The SMILES string of the molecule is CC(C)(O)C(F)CNC(=O)c1cnc(-c2ccc3cc(C#N)cnn23)cc1Nc1ccc(CN2CCCC2=O)cc1. The number of likely N-dealkylation sites (tertiary alicyclic amines) is 1. The molecule has 4 heterocycles. The normalized spacial score (nSPS) is 14.2. The molecule has 1 unspecified atom stereocenters. The van der Waals surface area contributed by atoms with Gasteiger partial charge in [-0.25, -0.2) is 8.91 Å². The molecule has 11 heteroatoms. The van der Waals surface area contributed by atoms with Crippen LogP contribution >= 0.6 is 0 Å². The number of nitriles is 1. The Morgan fingerprint density at radius 3 is 2.66 bits per heavy atom. The Hall–Kier alpha value is -4.82. The zero-order valence-electron chi connectivity index (χ0n) is 22.8. The lowest BCUT2D eigenvalue weighted by atomic mass is 10.0. The monoisotopic (exact) mass is 555 g/mol. The molecular weight excluding hydrogens is 525 g/mol. The number of nitrogens with one attached hydrogen (secondary N) is 2. The molecular formula is C30H30FN7O3. The summed E-state index contributed by atoms with van der Waals surface area (Å²) in [5.41, 5.74) is 3.00. The van der Waals surface area contributed by atoms with Crippen LogP contribution in [0.15, 0.2) is 60.9 Å². The van der Waals surface area contributed by atoms with E-state index in [0.717, 1.165) is 18.5 Å². The molecule has 210 valence electrons. The van der Waals surface area contributed by atoms with E-state index in [2.05, 4.69) is 26.8 Å². The second-order valence-electron chi connectivity index (χ2n) is 10.6. The number of carbonyl (C=O) groups excluding carboxylic acids is 2. The number of fused-ring (bicyclic) bond motifs is 1. The van der Waals surface area contributed by atoms with E-state index >= 15 is 0 Å². The maximum atomic E-state index is 14.3. The topological polar surface area (TPSA) is 136 Å². The highest BCUT2D eigenvalue weighted by molar-refractivity contribution is 6.00. The van der Waals surface area contributed by atoms with E-state index in [1.54, 1.807) is 16.6 Å². The number of nitrogens with zero attached hydrogens (tertiary/aromatic N) is 5. The molecule has 41 heavy (non-hydrogen) atoms. The molecule has 2 amide bonds. The van der Waals surface area contributed by atoms with E-state index in [-0.39, 0.29) is 18.0 Å². The van der Waals surface area contributed by atoms with Gasteiger partial charge >= 0.3 is 0 Å². The van der Waals surface area contributed by atoms with Gasteiger partial charge in [0.1, 0.15) is 12.2 Å². The maximum Gasteiger partial charge on any atom is 0.255 e. The fraction of sp³-hybridized carbons (Fsp3) is 0.300. The van der Waals surface area contributed by atoms with Gasteiger partial charge < -0.3 is 20.6 Å². The molecule has 0 aliphatic carbocycles. The van der Waals surface area contributed by atoms with Crippen LogP contribution in [0.25, 0.3) is 16.9 Å². The van der Waals surface area contributed by atoms with Crippen LogP contribution in [0.5, 0.6) is 0 Å². The molecule has 3 aromatic heterocycles. The first kappa shape index (κ1) is 27.7. The highest BCUT2D eigenvalue weighted by Gasteiger charge is 2.27. The molecule has 0 bridgehead atoms. The number of rotatable bonds is 9. The Morgan fingerprint density at radius 1 is 1.20 bits per heavy atom. The lowest BCUT2D eigenvalue weighted by Gasteiger charge is -2.22. The molecule has 1 aliphatic heterocycles. The van der Waals surface area contributed by atoms with Crippen LogP contribution in [-0.4, -0.2) is 61.3 Å². The van der Waals surface area contributed by atoms with Gasteiger partial charge in [0.05, 0.1) is 52.1 Å². The zero-order valence-corrected chi connectivity index (χ0v) is 22.8. The van der Waals surface area contributed by atoms with Crippen molar-refractivity contribution < 1.29 is 19.1 Å². The van der Waals surface area contributed by atoms with Crippen LogP contribution in [0.4, 0.5) is 15.8 Å². The van der Waals surface area contributed by atoms with Crippen LogP contribution < -0.4 is 10.6 Å². The van der Waals surface area contributed by atoms with E-state index < -0.39 is 17.7 Å². The van der Waals surface area contributed by atoms with Gasteiger partial charge in [0.25, 0.3) is 5.91 Å². The molecule has 1 atom stereocenters. The quantitative estimate of drug-likeness (QED) is 0.284. The van der Waals surface area contributed by atoms with Crippen molar-refractivity contribution in [3.63, 3.8) is 0 Å². The van der Waals surface area contributed by atoms with Crippen LogP contribution in [0.1, 0.15) is 48.2 Å². The van der Waals surface area contributed by atoms with Gasteiger partial charge in [-0.3, -0.25) is 14.6 Å². The summed E-state index contributed by atoms with van der Waals surface area (Å²) in [6.45, 7) is 3.60. The molecule has 5 rings (SSSR count). The number of aliphatic hydroxyl groups is 1. The largest absolute Gasteiger partial charge is 0.387 e. The van der Waals surface area contributed by atoms with Crippen LogP contribution in [0.2, 0.25) is 0 Å². The van der Waals surface area contributed by atoms with Gasteiger partial charge in [0.15, 0.2) is 0 Å². The number of carbonyl (C=O) groups is 2. The summed E-state index contributed by atoms with van der Waals surface area (Å²) >= 11 is 0. The Bertz CT molecular complexity index is 1640. The highest BCUT2D eigenvalue weighted by atomic mass is 19.1. The van der Waals surface area contributed by atoms with E-state index in [9.17, 15) is 24.3 Å². The number of amides is 2. The Labute approximate surface area is 236 Å². The van der Waals surface area contributed by atoms with Crippen molar-refractivity contribution in [2.24, 2.45) is 0 Å². The number of hydrogen-bond donors (Lipinski definition) is 3. The van der Waals surface area contributed by atoms with Crippen molar-refractivity contribution in [3.8, 4) is 17.5 Å². The third-order valence-electron chi connectivity index (χ3n) is 7.03. The molecule has 4 aromatic rings. The minimum atomic E-state index is -1.67. The number of hydrogen-bond acceptors (Lipinski definition) is 7. The van der Waals surface area contributed by atoms with Crippen LogP contribution in [0, 0.1) is 11.3 Å². The summed E-state index contributed by atoms with van der Waals surface area (Å²) in [4.78, 5) is 31.4. The van der Waals surface area contributed by atoms with Gasteiger partial charge in [-0.05, 0) is 62.2 Å². The Morgan fingerprint density at radius 2 is 1.98 bits per heavy atom. The van der Waals surface area contributed by atoms with Gasteiger partial charge in [-0.2, -0.15) is 10.4 Å². The average molecular weight is 556 g/mol. The Balaban J connectivity index is 1.44. The molecule has 1 saturated heterocycles. The van der Waals surface area contributed by atoms with E-state index in [1.165, 1.54) is 26.2 Å². The molecule has 0 saturated carbocycles. The average Bonchev–Trinajstić information content (AvgIpc) is 3.57. The number of alkyl halides is 1. The standard InChI is InChI=1S/C30H30FN7O3/c1-30(2,41)27(31)17-34-29(40)23-16-33-25(26-10-9-22-12-20(14-32)15-35-38(22)26)13-24(23)36-21-7-5-19(6-8-21)18-37-11-3-4-28(37)39/h5-10,12-13,15-16,27,41H,3-4,11,17-18H2,1-2H3,(H,33,36)(H,34,40). The third kappa shape index (κ3) is 6.18. The minimum Gasteiger partial charge on any atom is -0.387 e. The predicted molar refractivity (Wildman–Crippen MR) is 151 cm³/mol. The predicted octanol–water partition coefficient (Wildman–Crippen LogP) is 3.97. The van der Waals surface area contributed by atoms with Crippen molar-refractivity contribution in [2.45, 2.75) is 45.0 Å². The molecule has 1 aromatic carbocycles. The smallest absolute Gasteiger partial charge is 0.255 e. The number of halogens is 1. The molecule has 1 aliphatic rings.